The lowest BCUT2D eigenvalue weighted by Crippen LogP contribution is -2.45. The maximum Gasteiger partial charge on any atom is 0.0223 e. The van der Waals surface area contributed by atoms with Crippen molar-refractivity contribution in [2.45, 2.75) is 31.7 Å². The molecule has 3 rings (SSSR count). The predicted octanol–water partition coefficient (Wildman–Crippen LogP) is 3.80. The van der Waals surface area contributed by atoms with Gasteiger partial charge in [-0.3, -0.25) is 4.90 Å². The van der Waals surface area contributed by atoms with Crippen LogP contribution in [-0.2, 0) is 6.42 Å². The standard InChI is InChI=1S/C20H28N2/c1-21(2)16-19-11-5-6-14-22(19)15-13-18-10-7-9-17-8-3-4-12-20(17)18/h3-4,7-10,12,19H,5-6,11,13-16H2,1-2H3. The normalized spacial score (nSPS) is 19.9. The second-order valence-corrected chi connectivity index (χ2v) is 6.84. The lowest BCUT2D eigenvalue weighted by Gasteiger charge is -2.37. The summed E-state index contributed by atoms with van der Waals surface area (Å²) in [5.74, 6) is 0. The number of piperidine rings is 1. The number of rotatable bonds is 5. The molecule has 2 aromatic rings. The average Bonchev–Trinajstić information content (AvgIpc) is 2.53. The number of likely N-dealkylation sites (tertiary alicyclic amines) is 1. The van der Waals surface area contributed by atoms with Crippen LogP contribution in [0.5, 0.6) is 0 Å². The number of fused-ring (bicyclic) bond motifs is 1. The van der Waals surface area contributed by atoms with Gasteiger partial charge >= 0.3 is 0 Å². The molecule has 1 heterocycles. The highest BCUT2D eigenvalue weighted by Crippen LogP contribution is 2.21. The maximum absolute atomic E-state index is 2.71. The zero-order valence-corrected chi connectivity index (χ0v) is 14.0. The molecule has 1 atom stereocenters. The predicted molar refractivity (Wildman–Crippen MR) is 95.4 cm³/mol. The molecule has 0 aromatic heterocycles. The summed E-state index contributed by atoms with van der Waals surface area (Å²) in [6.07, 6.45) is 5.27. The first-order valence-electron chi connectivity index (χ1n) is 8.59. The summed E-state index contributed by atoms with van der Waals surface area (Å²) in [7, 11) is 4.38. The van der Waals surface area contributed by atoms with Crippen molar-refractivity contribution in [3.8, 4) is 0 Å². The Morgan fingerprint density at radius 3 is 2.73 bits per heavy atom. The van der Waals surface area contributed by atoms with Gasteiger partial charge in [-0.05, 0) is 56.2 Å². The summed E-state index contributed by atoms with van der Waals surface area (Å²) < 4.78 is 0. The van der Waals surface area contributed by atoms with Crippen molar-refractivity contribution < 1.29 is 0 Å². The van der Waals surface area contributed by atoms with Crippen LogP contribution >= 0.6 is 0 Å². The molecule has 1 unspecified atom stereocenters. The molecule has 2 nitrogen and oxygen atoms in total. The maximum atomic E-state index is 2.71. The van der Waals surface area contributed by atoms with Crippen LogP contribution in [0.2, 0.25) is 0 Å². The quantitative estimate of drug-likeness (QED) is 0.828. The molecule has 0 spiro atoms. The van der Waals surface area contributed by atoms with Crippen molar-refractivity contribution in [3.05, 3.63) is 48.0 Å². The molecule has 0 bridgehead atoms. The van der Waals surface area contributed by atoms with E-state index in [1.165, 1.54) is 55.2 Å². The van der Waals surface area contributed by atoms with Crippen LogP contribution in [0.3, 0.4) is 0 Å². The second kappa shape index (κ2) is 7.26. The van der Waals surface area contributed by atoms with Crippen LogP contribution in [0, 0.1) is 0 Å². The summed E-state index contributed by atoms with van der Waals surface area (Å²) in [4.78, 5) is 5.05. The van der Waals surface area contributed by atoms with Crippen LogP contribution in [-0.4, -0.2) is 49.6 Å². The third kappa shape index (κ3) is 3.68. The van der Waals surface area contributed by atoms with Gasteiger partial charge in [0.1, 0.15) is 0 Å². The first-order valence-corrected chi connectivity index (χ1v) is 8.59. The van der Waals surface area contributed by atoms with E-state index in [1.54, 1.807) is 0 Å². The summed E-state index contributed by atoms with van der Waals surface area (Å²) in [6.45, 7) is 3.64. The Balaban J connectivity index is 1.69. The summed E-state index contributed by atoms with van der Waals surface area (Å²) >= 11 is 0. The minimum atomic E-state index is 0.735. The van der Waals surface area contributed by atoms with Gasteiger partial charge in [0, 0.05) is 19.1 Å². The Kier molecular flexibility index (Phi) is 5.12. The first-order chi connectivity index (χ1) is 10.7. The van der Waals surface area contributed by atoms with Gasteiger partial charge < -0.3 is 4.90 Å². The Bertz CT molecular complexity index is 600. The van der Waals surface area contributed by atoms with E-state index in [4.69, 9.17) is 0 Å². The Morgan fingerprint density at radius 1 is 1.05 bits per heavy atom. The molecule has 1 aliphatic heterocycles. The molecule has 0 aliphatic carbocycles. The van der Waals surface area contributed by atoms with Crippen molar-refractivity contribution in [2.75, 3.05) is 33.7 Å². The summed E-state index contributed by atoms with van der Waals surface area (Å²) in [5.41, 5.74) is 1.49. The molecule has 2 aromatic carbocycles. The van der Waals surface area contributed by atoms with Gasteiger partial charge in [0.25, 0.3) is 0 Å². The third-order valence-electron chi connectivity index (χ3n) is 4.87. The van der Waals surface area contributed by atoms with Crippen molar-refractivity contribution in [1.29, 1.82) is 0 Å². The third-order valence-corrected chi connectivity index (χ3v) is 4.87. The first kappa shape index (κ1) is 15.5. The van der Waals surface area contributed by atoms with Crippen molar-refractivity contribution in [3.63, 3.8) is 0 Å². The highest BCUT2D eigenvalue weighted by Gasteiger charge is 2.22. The molecule has 1 aliphatic rings. The van der Waals surface area contributed by atoms with Gasteiger partial charge in [-0.25, -0.2) is 0 Å². The fourth-order valence-electron chi connectivity index (χ4n) is 3.76. The van der Waals surface area contributed by atoms with E-state index in [0.29, 0.717) is 0 Å². The molecule has 22 heavy (non-hydrogen) atoms. The number of nitrogens with zero attached hydrogens (tertiary/aromatic N) is 2. The highest BCUT2D eigenvalue weighted by atomic mass is 15.2. The van der Waals surface area contributed by atoms with E-state index >= 15 is 0 Å². The van der Waals surface area contributed by atoms with E-state index < -0.39 is 0 Å². The minimum absolute atomic E-state index is 0.735. The van der Waals surface area contributed by atoms with Crippen LogP contribution in [0.4, 0.5) is 0 Å². The van der Waals surface area contributed by atoms with Crippen LogP contribution in [0.25, 0.3) is 10.8 Å². The number of likely N-dealkylation sites (N-methyl/N-ethyl adjacent to an activating group) is 1. The summed E-state index contributed by atoms with van der Waals surface area (Å²) in [5, 5.41) is 2.79. The fourth-order valence-corrected chi connectivity index (χ4v) is 3.76. The lowest BCUT2D eigenvalue weighted by atomic mass is 9.99. The number of benzene rings is 2. The monoisotopic (exact) mass is 296 g/mol. The molecule has 118 valence electrons. The van der Waals surface area contributed by atoms with Crippen LogP contribution in [0.1, 0.15) is 24.8 Å². The molecule has 0 radical (unpaired) electrons. The van der Waals surface area contributed by atoms with Gasteiger partial charge in [-0.2, -0.15) is 0 Å². The van der Waals surface area contributed by atoms with E-state index in [2.05, 4.69) is 66.4 Å². The SMILES string of the molecule is CN(C)CC1CCCCN1CCc1cccc2ccccc12. The van der Waals surface area contributed by atoms with Crippen molar-refractivity contribution in [2.24, 2.45) is 0 Å². The Labute approximate surface area is 134 Å². The van der Waals surface area contributed by atoms with Gasteiger partial charge in [0.15, 0.2) is 0 Å². The lowest BCUT2D eigenvalue weighted by molar-refractivity contribution is 0.123. The van der Waals surface area contributed by atoms with E-state index in [-0.39, 0.29) is 0 Å². The van der Waals surface area contributed by atoms with Crippen LogP contribution in [0.15, 0.2) is 42.5 Å². The minimum Gasteiger partial charge on any atom is -0.308 e. The smallest absolute Gasteiger partial charge is 0.0223 e. The molecule has 2 heteroatoms. The average molecular weight is 296 g/mol. The van der Waals surface area contributed by atoms with E-state index in [0.717, 1.165) is 12.5 Å². The molecule has 0 N–H and O–H groups in total. The molecule has 1 fully saturated rings. The van der Waals surface area contributed by atoms with Crippen molar-refractivity contribution >= 4 is 10.8 Å². The largest absolute Gasteiger partial charge is 0.308 e. The Morgan fingerprint density at radius 2 is 1.86 bits per heavy atom. The van der Waals surface area contributed by atoms with Crippen molar-refractivity contribution in [1.82, 2.24) is 9.80 Å². The van der Waals surface area contributed by atoms with Crippen LogP contribution < -0.4 is 0 Å². The number of hydrogen-bond acceptors (Lipinski definition) is 2. The topological polar surface area (TPSA) is 6.48 Å². The van der Waals surface area contributed by atoms with Gasteiger partial charge in [-0.1, -0.05) is 48.9 Å². The Hall–Kier alpha value is -1.38. The zero-order valence-electron chi connectivity index (χ0n) is 14.0. The highest BCUT2D eigenvalue weighted by molar-refractivity contribution is 5.85. The van der Waals surface area contributed by atoms with Gasteiger partial charge in [0.2, 0.25) is 0 Å². The molecule has 0 saturated carbocycles. The van der Waals surface area contributed by atoms with E-state index in [9.17, 15) is 0 Å². The second-order valence-electron chi connectivity index (χ2n) is 6.84. The van der Waals surface area contributed by atoms with E-state index in [1.807, 2.05) is 0 Å². The van der Waals surface area contributed by atoms with Gasteiger partial charge in [0.05, 0.1) is 0 Å². The summed E-state index contributed by atoms with van der Waals surface area (Å²) in [6, 6.07) is 16.2. The fraction of sp³-hybridized carbons (Fsp3) is 0.500. The van der Waals surface area contributed by atoms with Gasteiger partial charge in [-0.15, -0.1) is 0 Å². The molecule has 1 saturated heterocycles. The molecular weight excluding hydrogens is 268 g/mol. The molecule has 0 amide bonds. The zero-order chi connectivity index (χ0) is 15.4. The molecular formula is C20H28N2. The number of hydrogen-bond donors (Lipinski definition) is 0.